The molecule has 1 saturated heterocycles. The topological polar surface area (TPSA) is 28.2 Å². The van der Waals surface area contributed by atoms with Crippen molar-refractivity contribution in [2.45, 2.75) is 33.2 Å². The quantitative estimate of drug-likeness (QED) is 0.870. The summed E-state index contributed by atoms with van der Waals surface area (Å²) in [5.41, 5.74) is 2.76. The molecular weight excluding hydrogens is 210 g/mol. The molecule has 0 aliphatic carbocycles. The van der Waals surface area contributed by atoms with Gasteiger partial charge in [-0.2, -0.15) is 0 Å². The number of nitrogens with zero attached hydrogens (tertiary/aromatic N) is 2. The number of likely N-dealkylation sites (tertiary alicyclic amines) is 1. The Morgan fingerprint density at radius 1 is 1.47 bits per heavy atom. The van der Waals surface area contributed by atoms with E-state index in [1.807, 2.05) is 19.3 Å². The first kappa shape index (κ1) is 12.4. The van der Waals surface area contributed by atoms with Gasteiger partial charge in [-0.15, -0.1) is 0 Å². The lowest BCUT2D eigenvalue weighted by molar-refractivity contribution is 0.110. The van der Waals surface area contributed by atoms with Gasteiger partial charge in [-0.05, 0) is 36.9 Å². The standard InChI is InChI=1S/C14H23N3/c1-14(2)6-4-8-17(11-14)10-13-9-12(15-3)5-7-16-13/h5,7,9H,4,6,8,10-11H2,1-3H3,(H,15,16). The lowest BCUT2D eigenvalue weighted by Gasteiger charge is -2.37. The van der Waals surface area contributed by atoms with E-state index in [0.717, 1.165) is 17.9 Å². The van der Waals surface area contributed by atoms with Crippen molar-refractivity contribution < 1.29 is 0 Å². The normalized spacial score (nSPS) is 20.2. The zero-order chi connectivity index (χ0) is 12.3. The first-order valence-corrected chi connectivity index (χ1v) is 6.44. The highest BCUT2D eigenvalue weighted by Gasteiger charge is 2.26. The molecule has 0 spiro atoms. The van der Waals surface area contributed by atoms with Crippen molar-refractivity contribution in [2.75, 3.05) is 25.5 Å². The number of rotatable bonds is 3. The molecule has 1 aliphatic heterocycles. The molecule has 1 fully saturated rings. The summed E-state index contributed by atoms with van der Waals surface area (Å²) in [6, 6.07) is 4.14. The maximum atomic E-state index is 4.45. The molecule has 2 heterocycles. The van der Waals surface area contributed by atoms with Crippen molar-refractivity contribution in [3.05, 3.63) is 24.0 Å². The molecule has 3 heteroatoms. The fraction of sp³-hybridized carbons (Fsp3) is 0.643. The first-order chi connectivity index (χ1) is 8.09. The summed E-state index contributed by atoms with van der Waals surface area (Å²) in [6.07, 6.45) is 4.53. The number of nitrogens with one attached hydrogen (secondary N) is 1. The lowest BCUT2D eigenvalue weighted by Crippen LogP contribution is -2.39. The SMILES string of the molecule is CNc1ccnc(CN2CCCC(C)(C)C2)c1. The highest BCUT2D eigenvalue weighted by molar-refractivity contribution is 5.42. The smallest absolute Gasteiger partial charge is 0.0564 e. The van der Waals surface area contributed by atoms with Gasteiger partial charge in [0, 0.05) is 32.0 Å². The van der Waals surface area contributed by atoms with Crippen molar-refractivity contribution in [1.29, 1.82) is 0 Å². The molecule has 94 valence electrons. The van der Waals surface area contributed by atoms with Gasteiger partial charge in [0.05, 0.1) is 5.69 Å². The molecular formula is C14H23N3. The summed E-state index contributed by atoms with van der Waals surface area (Å²) in [5, 5.41) is 3.16. The Balaban J connectivity index is 2.00. The molecule has 0 unspecified atom stereocenters. The van der Waals surface area contributed by atoms with E-state index in [1.165, 1.54) is 25.9 Å². The Labute approximate surface area is 104 Å². The molecule has 0 radical (unpaired) electrons. The van der Waals surface area contributed by atoms with Gasteiger partial charge in [-0.1, -0.05) is 13.8 Å². The minimum Gasteiger partial charge on any atom is -0.388 e. The molecule has 1 aromatic rings. The van der Waals surface area contributed by atoms with Crippen LogP contribution in [-0.4, -0.2) is 30.0 Å². The van der Waals surface area contributed by atoms with E-state index in [0.29, 0.717) is 5.41 Å². The summed E-state index contributed by atoms with van der Waals surface area (Å²) in [5.74, 6) is 0. The molecule has 1 aromatic heterocycles. The number of anilines is 1. The fourth-order valence-corrected chi connectivity index (χ4v) is 2.63. The van der Waals surface area contributed by atoms with Crippen LogP contribution in [0.2, 0.25) is 0 Å². The number of pyridine rings is 1. The second-order valence-electron chi connectivity index (χ2n) is 5.76. The van der Waals surface area contributed by atoms with Crippen LogP contribution in [0.5, 0.6) is 0 Å². The maximum absolute atomic E-state index is 4.45. The van der Waals surface area contributed by atoms with Crippen LogP contribution >= 0.6 is 0 Å². The zero-order valence-corrected chi connectivity index (χ0v) is 11.2. The molecule has 0 bridgehead atoms. The molecule has 0 saturated carbocycles. The van der Waals surface area contributed by atoms with Gasteiger partial charge in [-0.3, -0.25) is 9.88 Å². The monoisotopic (exact) mass is 233 g/mol. The van der Waals surface area contributed by atoms with E-state index in [9.17, 15) is 0 Å². The average Bonchev–Trinajstić information content (AvgIpc) is 2.28. The molecule has 17 heavy (non-hydrogen) atoms. The van der Waals surface area contributed by atoms with E-state index < -0.39 is 0 Å². The molecule has 0 amide bonds. The van der Waals surface area contributed by atoms with Crippen molar-refractivity contribution >= 4 is 5.69 Å². The number of piperidine rings is 1. The molecule has 0 atom stereocenters. The van der Waals surface area contributed by atoms with Crippen LogP contribution in [0.3, 0.4) is 0 Å². The number of hydrogen-bond donors (Lipinski definition) is 1. The number of aromatic nitrogens is 1. The van der Waals surface area contributed by atoms with Gasteiger partial charge in [0.25, 0.3) is 0 Å². The summed E-state index contributed by atoms with van der Waals surface area (Å²) in [7, 11) is 1.95. The largest absolute Gasteiger partial charge is 0.388 e. The second kappa shape index (κ2) is 5.05. The Hall–Kier alpha value is -1.09. The van der Waals surface area contributed by atoms with Crippen LogP contribution in [-0.2, 0) is 6.54 Å². The third-order valence-corrected chi connectivity index (χ3v) is 3.47. The first-order valence-electron chi connectivity index (χ1n) is 6.44. The molecule has 1 N–H and O–H groups in total. The van der Waals surface area contributed by atoms with Crippen LogP contribution in [0.25, 0.3) is 0 Å². The van der Waals surface area contributed by atoms with Crippen LogP contribution in [0.15, 0.2) is 18.3 Å². The third kappa shape index (κ3) is 3.43. The minimum atomic E-state index is 0.457. The molecule has 1 aliphatic rings. The Kier molecular flexibility index (Phi) is 3.67. The highest BCUT2D eigenvalue weighted by Crippen LogP contribution is 2.29. The Morgan fingerprint density at radius 3 is 3.00 bits per heavy atom. The third-order valence-electron chi connectivity index (χ3n) is 3.47. The summed E-state index contributed by atoms with van der Waals surface area (Å²) >= 11 is 0. The lowest BCUT2D eigenvalue weighted by atomic mass is 9.84. The summed E-state index contributed by atoms with van der Waals surface area (Å²) in [6.45, 7) is 8.07. The Bertz CT molecular complexity index is 373. The van der Waals surface area contributed by atoms with Crippen molar-refractivity contribution in [1.82, 2.24) is 9.88 Å². The van der Waals surface area contributed by atoms with Crippen molar-refractivity contribution in [3.63, 3.8) is 0 Å². The van der Waals surface area contributed by atoms with Crippen LogP contribution in [0.1, 0.15) is 32.4 Å². The maximum Gasteiger partial charge on any atom is 0.0564 e. The second-order valence-corrected chi connectivity index (χ2v) is 5.76. The van der Waals surface area contributed by atoms with Gasteiger partial charge >= 0.3 is 0 Å². The van der Waals surface area contributed by atoms with Crippen molar-refractivity contribution in [2.24, 2.45) is 5.41 Å². The van der Waals surface area contributed by atoms with E-state index in [4.69, 9.17) is 0 Å². The van der Waals surface area contributed by atoms with E-state index >= 15 is 0 Å². The van der Waals surface area contributed by atoms with Gasteiger partial charge in [0.1, 0.15) is 0 Å². The molecule has 0 aromatic carbocycles. The highest BCUT2D eigenvalue weighted by atomic mass is 15.1. The van der Waals surface area contributed by atoms with Gasteiger partial charge in [0.2, 0.25) is 0 Å². The predicted molar refractivity (Wildman–Crippen MR) is 72.1 cm³/mol. The summed E-state index contributed by atoms with van der Waals surface area (Å²) < 4.78 is 0. The van der Waals surface area contributed by atoms with Gasteiger partial charge < -0.3 is 5.32 Å². The van der Waals surface area contributed by atoms with Crippen LogP contribution in [0, 0.1) is 5.41 Å². The average molecular weight is 233 g/mol. The molecule has 3 nitrogen and oxygen atoms in total. The van der Waals surface area contributed by atoms with Gasteiger partial charge in [-0.25, -0.2) is 0 Å². The predicted octanol–water partition coefficient (Wildman–Crippen LogP) is 2.75. The van der Waals surface area contributed by atoms with Crippen molar-refractivity contribution in [3.8, 4) is 0 Å². The molecule has 2 rings (SSSR count). The van der Waals surface area contributed by atoms with Crippen LogP contribution in [0.4, 0.5) is 5.69 Å². The van der Waals surface area contributed by atoms with Crippen LogP contribution < -0.4 is 5.32 Å². The Morgan fingerprint density at radius 2 is 2.29 bits per heavy atom. The van der Waals surface area contributed by atoms with Gasteiger partial charge in [0.15, 0.2) is 0 Å². The minimum absolute atomic E-state index is 0.457. The zero-order valence-electron chi connectivity index (χ0n) is 11.2. The summed E-state index contributed by atoms with van der Waals surface area (Å²) in [4.78, 5) is 6.97. The van der Waals surface area contributed by atoms with E-state index in [-0.39, 0.29) is 0 Å². The fourth-order valence-electron chi connectivity index (χ4n) is 2.63. The number of hydrogen-bond acceptors (Lipinski definition) is 3. The van der Waals surface area contributed by atoms with E-state index in [2.05, 4.69) is 35.1 Å². The van der Waals surface area contributed by atoms with E-state index in [1.54, 1.807) is 0 Å².